The fourth-order valence-corrected chi connectivity index (χ4v) is 5.90. The van der Waals surface area contributed by atoms with Gasteiger partial charge in [0, 0.05) is 34.3 Å². The molecule has 2 aliphatic heterocycles. The number of carbonyl (C=O) groups excluding carboxylic acids is 2. The largest absolute Gasteiger partial charge is 0.315 e. The zero-order chi connectivity index (χ0) is 20.8. The molecule has 0 aliphatic carbocycles. The molecular weight excluding hydrogens is 427 g/mol. The van der Waals surface area contributed by atoms with Crippen molar-refractivity contribution >= 4 is 52.5 Å². The summed E-state index contributed by atoms with van der Waals surface area (Å²) in [5, 5.41) is 1.17. The fraction of sp³-hybridized carbons (Fsp3) is 0.364. The lowest BCUT2D eigenvalue weighted by Gasteiger charge is -2.33. The second-order valence-corrected chi connectivity index (χ2v) is 9.91. The van der Waals surface area contributed by atoms with Crippen molar-refractivity contribution in [3.05, 3.63) is 63.6 Å². The molecule has 0 bridgehead atoms. The summed E-state index contributed by atoms with van der Waals surface area (Å²) in [5.41, 5.74) is 2.45. The highest BCUT2D eigenvalue weighted by molar-refractivity contribution is 8.01. The molecule has 1 saturated heterocycles. The molecule has 1 fully saturated rings. The molecule has 2 aromatic rings. The third-order valence-corrected chi connectivity index (χ3v) is 7.35. The van der Waals surface area contributed by atoms with Crippen molar-refractivity contribution in [1.29, 1.82) is 0 Å². The van der Waals surface area contributed by atoms with Gasteiger partial charge in [-0.25, -0.2) is 0 Å². The molecule has 152 valence electrons. The zero-order valence-electron chi connectivity index (χ0n) is 16.3. The predicted molar refractivity (Wildman–Crippen MR) is 119 cm³/mol. The quantitative estimate of drug-likeness (QED) is 0.635. The van der Waals surface area contributed by atoms with E-state index in [-0.39, 0.29) is 17.7 Å². The molecule has 2 heterocycles. The lowest BCUT2D eigenvalue weighted by Crippen LogP contribution is -2.50. The van der Waals surface area contributed by atoms with E-state index in [9.17, 15) is 9.59 Å². The lowest BCUT2D eigenvalue weighted by atomic mass is 10.0. The van der Waals surface area contributed by atoms with Gasteiger partial charge in [0.25, 0.3) is 5.91 Å². The molecule has 0 N–H and O–H groups in total. The Morgan fingerprint density at radius 3 is 2.69 bits per heavy atom. The number of halogens is 2. The van der Waals surface area contributed by atoms with Crippen LogP contribution >= 0.6 is 35.0 Å². The summed E-state index contributed by atoms with van der Waals surface area (Å²) in [5.74, 6) is 0.833. The van der Waals surface area contributed by atoms with Crippen LogP contribution in [0.2, 0.25) is 10.0 Å². The van der Waals surface area contributed by atoms with Crippen molar-refractivity contribution < 1.29 is 9.59 Å². The maximum atomic E-state index is 13.8. The molecule has 4 rings (SSSR count). The molecule has 0 unspecified atom stereocenters. The summed E-state index contributed by atoms with van der Waals surface area (Å²) in [6.45, 7) is 4.92. The van der Waals surface area contributed by atoms with E-state index in [1.165, 1.54) is 11.8 Å². The van der Waals surface area contributed by atoms with Gasteiger partial charge in [-0.2, -0.15) is 0 Å². The smallest absolute Gasteiger partial charge is 0.268 e. The Balaban J connectivity index is 1.80. The Labute approximate surface area is 185 Å². The highest BCUT2D eigenvalue weighted by Crippen LogP contribution is 2.55. The van der Waals surface area contributed by atoms with Gasteiger partial charge >= 0.3 is 0 Å². The van der Waals surface area contributed by atoms with Crippen LogP contribution in [0.3, 0.4) is 0 Å². The van der Waals surface area contributed by atoms with Crippen LogP contribution in [0, 0.1) is 5.92 Å². The highest BCUT2D eigenvalue weighted by Gasteiger charge is 2.59. The molecule has 4 nitrogen and oxygen atoms in total. The molecule has 2 amide bonds. The first-order valence-electron chi connectivity index (χ1n) is 9.64. The van der Waals surface area contributed by atoms with Gasteiger partial charge in [-0.3, -0.25) is 9.59 Å². The second-order valence-electron chi connectivity index (χ2n) is 7.78. The minimum atomic E-state index is -1.05. The third-order valence-electron chi connectivity index (χ3n) is 5.33. The van der Waals surface area contributed by atoms with E-state index in [4.69, 9.17) is 23.2 Å². The predicted octanol–water partition coefficient (Wildman–Crippen LogP) is 5.31. The van der Waals surface area contributed by atoms with Crippen LogP contribution in [0.5, 0.6) is 0 Å². The maximum absolute atomic E-state index is 13.8. The molecule has 1 atom stereocenters. The fourth-order valence-electron chi connectivity index (χ4n) is 4.06. The second kappa shape index (κ2) is 7.86. The Hall–Kier alpha value is -1.69. The molecule has 1 spiro atoms. The Morgan fingerprint density at radius 2 is 1.97 bits per heavy atom. The molecule has 2 aliphatic rings. The van der Waals surface area contributed by atoms with E-state index in [0.717, 1.165) is 16.8 Å². The highest BCUT2D eigenvalue weighted by atomic mass is 35.5. The third kappa shape index (κ3) is 3.43. The number of anilines is 1. The van der Waals surface area contributed by atoms with Gasteiger partial charge in [0.15, 0.2) is 4.87 Å². The van der Waals surface area contributed by atoms with Crippen molar-refractivity contribution in [3.63, 3.8) is 0 Å². The molecule has 0 aromatic heterocycles. The van der Waals surface area contributed by atoms with Gasteiger partial charge in [-0.05, 0) is 35.7 Å². The zero-order valence-corrected chi connectivity index (χ0v) is 18.7. The van der Waals surface area contributed by atoms with Crippen LogP contribution in [0.4, 0.5) is 5.69 Å². The monoisotopic (exact) mass is 448 g/mol. The van der Waals surface area contributed by atoms with Crippen molar-refractivity contribution in [3.8, 4) is 0 Å². The van der Waals surface area contributed by atoms with Crippen LogP contribution < -0.4 is 4.90 Å². The Bertz CT molecular complexity index is 981. The van der Waals surface area contributed by atoms with Gasteiger partial charge in [0.1, 0.15) is 0 Å². The Kier molecular flexibility index (Phi) is 5.58. The van der Waals surface area contributed by atoms with Crippen molar-refractivity contribution in [2.45, 2.75) is 31.7 Å². The SMILES string of the molecule is CC(C)CC(=O)N1CCS[C@]12C(=O)N(Cc1ccccc1Cl)c1ccc(Cl)cc12. The number of benzene rings is 2. The van der Waals surface area contributed by atoms with E-state index in [0.29, 0.717) is 35.3 Å². The summed E-state index contributed by atoms with van der Waals surface area (Å²) >= 11 is 14.2. The maximum Gasteiger partial charge on any atom is 0.268 e. The van der Waals surface area contributed by atoms with Gasteiger partial charge < -0.3 is 9.80 Å². The summed E-state index contributed by atoms with van der Waals surface area (Å²) < 4.78 is 0. The van der Waals surface area contributed by atoms with Crippen molar-refractivity contribution in [2.24, 2.45) is 5.92 Å². The number of amides is 2. The topological polar surface area (TPSA) is 40.6 Å². The number of hydrogen-bond acceptors (Lipinski definition) is 3. The van der Waals surface area contributed by atoms with Gasteiger partial charge in [0.05, 0.1) is 12.2 Å². The summed E-state index contributed by atoms with van der Waals surface area (Å²) in [6, 6.07) is 13.0. The molecule has 29 heavy (non-hydrogen) atoms. The standard InChI is InChI=1S/C22H22Cl2N2O2S/c1-14(2)11-20(27)26-9-10-29-22(26)17-12-16(23)7-8-19(17)25(21(22)28)13-15-5-3-4-6-18(15)24/h3-8,12,14H,9-11,13H2,1-2H3/t22-/m1/s1. The lowest BCUT2D eigenvalue weighted by molar-refractivity contribution is -0.140. The van der Waals surface area contributed by atoms with Crippen LogP contribution in [-0.4, -0.2) is 29.0 Å². The number of fused-ring (bicyclic) bond motifs is 2. The Morgan fingerprint density at radius 1 is 1.21 bits per heavy atom. The number of carbonyl (C=O) groups is 2. The van der Waals surface area contributed by atoms with E-state index < -0.39 is 4.87 Å². The van der Waals surface area contributed by atoms with Gasteiger partial charge in [0.2, 0.25) is 5.91 Å². The van der Waals surface area contributed by atoms with E-state index in [1.807, 2.05) is 50.2 Å². The van der Waals surface area contributed by atoms with Crippen LogP contribution in [0.25, 0.3) is 0 Å². The van der Waals surface area contributed by atoms with E-state index in [1.54, 1.807) is 15.9 Å². The summed E-state index contributed by atoms with van der Waals surface area (Å²) in [4.78, 5) is 29.3. The van der Waals surface area contributed by atoms with Crippen LogP contribution in [0.15, 0.2) is 42.5 Å². The molecular formula is C22H22Cl2N2O2S. The number of hydrogen-bond donors (Lipinski definition) is 0. The minimum absolute atomic E-state index is 0.00358. The first kappa shape index (κ1) is 20.6. The molecule has 7 heteroatoms. The van der Waals surface area contributed by atoms with Crippen LogP contribution in [-0.2, 0) is 21.0 Å². The number of thioether (sulfide) groups is 1. The average Bonchev–Trinajstić information content (AvgIpc) is 3.20. The molecule has 0 radical (unpaired) electrons. The number of nitrogens with zero attached hydrogens (tertiary/aromatic N) is 2. The normalized spacial score (nSPS) is 20.8. The van der Waals surface area contributed by atoms with Crippen molar-refractivity contribution in [1.82, 2.24) is 4.90 Å². The van der Waals surface area contributed by atoms with Gasteiger partial charge in [-0.15, -0.1) is 11.8 Å². The van der Waals surface area contributed by atoms with Crippen molar-refractivity contribution in [2.75, 3.05) is 17.2 Å². The number of rotatable bonds is 4. The van der Waals surface area contributed by atoms with Gasteiger partial charge in [-0.1, -0.05) is 55.2 Å². The summed E-state index contributed by atoms with van der Waals surface area (Å²) in [7, 11) is 0. The first-order valence-corrected chi connectivity index (χ1v) is 11.4. The summed E-state index contributed by atoms with van der Waals surface area (Å²) in [6.07, 6.45) is 0.413. The first-order chi connectivity index (χ1) is 13.8. The average molecular weight is 449 g/mol. The van der Waals surface area contributed by atoms with Crippen LogP contribution in [0.1, 0.15) is 31.4 Å². The molecule has 0 saturated carbocycles. The van der Waals surface area contributed by atoms with E-state index >= 15 is 0 Å². The van der Waals surface area contributed by atoms with E-state index in [2.05, 4.69) is 0 Å². The molecule has 2 aromatic carbocycles. The minimum Gasteiger partial charge on any atom is -0.315 e.